The molecule has 44 heavy (non-hydrogen) atoms. The second kappa shape index (κ2) is 9.82. The number of nitrogens with zero attached hydrogens (tertiary/aromatic N) is 2. The fourth-order valence-electron chi connectivity index (χ4n) is 6.53. The molecule has 206 valence electrons. The predicted molar refractivity (Wildman–Crippen MR) is 184 cm³/mol. The van der Waals surface area contributed by atoms with Crippen LogP contribution in [0.3, 0.4) is 0 Å². The van der Waals surface area contributed by atoms with E-state index in [1.807, 2.05) is 30.5 Å². The summed E-state index contributed by atoms with van der Waals surface area (Å²) in [5.41, 5.74) is 6.11. The molecule has 0 spiro atoms. The summed E-state index contributed by atoms with van der Waals surface area (Å²) in [5.74, 6) is 0.800. The highest BCUT2D eigenvalue weighted by atomic mass is 16.3. The quantitative estimate of drug-likeness (QED) is 0.200. The first-order valence-electron chi connectivity index (χ1n) is 14.9. The molecule has 2 heterocycles. The number of hydrogen-bond acceptors (Lipinski definition) is 3. The van der Waals surface area contributed by atoms with Crippen LogP contribution in [0.4, 0.5) is 17.2 Å². The number of fused-ring (bicyclic) bond motifs is 8. The zero-order valence-electron chi connectivity index (χ0n) is 23.8. The Labute approximate surface area is 254 Å². The number of rotatable bonds is 4. The first kappa shape index (κ1) is 24.6. The molecule has 3 nitrogen and oxygen atoms in total. The summed E-state index contributed by atoms with van der Waals surface area (Å²) >= 11 is 0. The van der Waals surface area contributed by atoms with Crippen LogP contribution in [0, 0.1) is 0 Å². The molecule has 0 unspecified atom stereocenters. The first-order valence-corrected chi connectivity index (χ1v) is 14.9. The second-order valence-corrected chi connectivity index (χ2v) is 11.2. The maximum atomic E-state index is 6.30. The van der Waals surface area contributed by atoms with E-state index in [-0.39, 0.29) is 0 Å². The lowest BCUT2D eigenvalue weighted by molar-refractivity contribution is 0.668. The van der Waals surface area contributed by atoms with Gasteiger partial charge in [-0.2, -0.15) is 0 Å². The van der Waals surface area contributed by atoms with E-state index >= 15 is 0 Å². The number of benzene rings is 7. The van der Waals surface area contributed by atoms with Crippen molar-refractivity contribution in [3.05, 3.63) is 158 Å². The van der Waals surface area contributed by atoms with Crippen LogP contribution in [-0.2, 0) is 0 Å². The number of aromatic nitrogens is 1. The lowest BCUT2D eigenvalue weighted by Gasteiger charge is -2.25. The summed E-state index contributed by atoms with van der Waals surface area (Å²) in [5, 5.41) is 9.50. The predicted octanol–water partition coefficient (Wildman–Crippen LogP) is 11.6. The molecule has 0 aliphatic carbocycles. The highest BCUT2D eigenvalue weighted by molar-refractivity contribution is 6.20. The summed E-state index contributed by atoms with van der Waals surface area (Å²) in [4.78, 5) is 7.25. The third-order valence-electron chi connectivity index (χ3n) is 8.68. The van der Waals surface area contributed by atoms with Gasteiger partial charge in [0, 0.05) is 34.4 Å². The molecule has 0 bridgehead atoms. The Morgan fingerprint density at radius 2 is 1.07 bits per heavy atom. The molecule has 0 fully saturated rings. The number of pyridine rings is 1. The van der Waals surface area contributed by atoms with E-state index in [0.717, 1.165) is 39.1 Å². The minimum Gasteiger partial charge on any atom is -0.456 e. The largest absolute Gasteiger partial charge is 0.456 e. The fraction of sp³-hybridized carbons (Fsp3) is 0. The molecule has 0 aliphatic rings. The third kappa shape index (κ3) is 3.94. The van der Waals surface area contributed by atoms with Crippen LogP contribution < -0.4 is 4.90 Å². The van der Waals surface area contributed by atoms with E-state index in [1.54, 1.807) is 0 Å². The van der Waals surface area contributed by atoms with Gasteiger partial charge in [0.1, 0.15) is 17.0 Å². The number of furan rings is 1. The minimum absolute atomic E-state index is 0.800. The van der Waals surface area contributed by atoms with Crippen molar-refractivity contribution >= 4 is 71.4 Å². The maximum absolute atomic E-state index is 6.30. The van der Waals surface area contributed by atoms with Crippen LogP contribution in [0.15, 0.2) is 162 Å². The van der Waals surface area contributed by atoms with E-state index in [9.17, 15) is 0 Å². The van der Waals surface area contributed by atoms with Crippen molar-refractivity contribution in [2.24, 2.45) is 0 Å². The first-order chi connectivity index (χ1) is 21.8. The molecule has 0 atom stereocenters. The van der Waals surface area contributed by atoms with Gasteiger partial charge in [-0.15, -0.1) is 0 Å². The average molecular weight is 563 g/mol. The third-order valence-corrected chi connectivity index (χ3v) is 8.68. The summed E-state index contributed by atoms with van der Waals surface area (Å²) in [6.45, 7) is 0. The number of para-hydroxylation sites is 1. The van der Waals surface area contributed by atoms with Gasteiger partial charge in [-0.25, -0.2) is 4.98 Å². The van der Waals surface area contributed by atoms with Gasteiger partial charge in [-0.3, -0.25) is 4.90 Å². The summed E-state index contributed by atoms with van der Waals surface area (Å²) in [6.07, 6.45) is 1.94. The molecule has 0 aliphatic heterocycles. The van der Waals surface area contributed by atoms with Crippen LogP contribution in [0.1, 0.15) is 0 Å². The Kier molecular flexibility index (Phi) is 5.50. The van der Waals surface area contributed by atoms with Gasteiger partial charge in [0.25, 0.3) is 0 Å². The van der Waals surface area contributed by atoms with Gasteiger partial charge in [-0.1, -0.05) is 115 Å². The monoisotopic (exact) mass is 562 g/mol. The van der Waals surface area contributed by atoms with Gasteiger partial charge < -0.3 is 4.42 Å². The van der Waals surface area contributed by atoms with Crippen molar-refractivity contribution in [3.8, 4) is 11.1 Å². The molecule has 3 heteroatoms. The molecular formula is C41H26N2O. The molecule has 7 aromatic carbocycles. The zero-order chi connectivity index (χ0) is 29.0. The van der Waals surface area contributed by atoms with Crippen LogP contribution in [-0.4, -0.2) is 4.98 Å². The highest BCUT2D eigenvalue weighted by Crippen LogP contribution is 2.40. The van der Waals surface area contributed by atoms with E-state index in [0.29, 0.717) is 0 Å². The molecule has 9 rings (SSSR count). The van der Waals surface area contributed by atoms with Crippen molar-refractivity contribution in [1.82, 2.24) is 4.98 Å². The number of anilines is 3. The molecule has 9 aromatic rings. The maximum Gasteiger partial charge on any atom is 0.141 e. The van der Waals surface area contributed by atoms with Gasteiger partial charge in [0.2, 0.25) is 0 Å². The van der Waals surface area contributed by atoms with Crippen molar-refractivity contribution in [1.29, 1.82) is 0 Å². The molecule has 0 N–H and O–H groups in total. The van der Waals surface area contributed by atoms with E-state index in [1.165, 1.54) is 43.4 Å². The van der Waals surface area contributed by atoms with E-state index < -0.39 is 0 Å². The average Bonchev–Trinajstić information content (AvgIpc) is 3.47. The summed E-state index contributed by atoms with van der Waals surface area (Å²) < 4.78 is 6.30. The van der Waals surface area contributed by atoms with Crippen LogP contribution in [0.25, 0.3) is 65.4 Å². The second-order valence-electron chi connectivity index (χ2n) is 11.2. The molecule has 0 amide bonds. The lowest BCUT2D eigenvalue weighted by Crippen LogP contribution is -2.11. The Morgan fingerprint density at radius 3 is 1.91 bits per heavy atom. The zero-order valence-corrected chi connectivity index (χ0v) is 23.8. The van der Waals surface area contributed by atoms with Gasteiger partial charge in [0.05, 0.1) is 0 Å². The van der Waals surface area contributed by atoms with Crippen molar-refractivity contribution in [2.45, 2.75) is 0 Å². The molecule has 2 aromatic heterocycles. The fourth-order valence-corrected chi connectivity index (χ4v) is 6.53. The van der Waals surface area contributed by atoms with Crippen LogP contribution in [0.2, 0.25) is 0 Å². The minimum atomic E-state index is 0.800. The summed E-state index contributed by atoms with van der Waals surface area (Å²) in [6, 6.07) is 53.6. The van der Waals surface area contributed by atoms with E-state index in [2.05, 4.69) is 132 Å². The topological polar surface area (TPSA) is 29.3 Å². The molecule has 0 saturated heterocycles. The summed E-state index contributed by atoms with van der Waals surface area (Å²) in [7, 11) is 0. The highest BCUT2D eigenvalue weighted by Gasteiger charge is 2.18. The number of hydrogen-bond donors (Lipinski definition) is 0. The Bertz CT molecular complexity index is 2490. The SMILES string of the molecule is c1ccc(-c2ccc(N(c3ccc4ccc5ccc6ccccc6c5c4c3)c3cc4oc5ccccc5c4cn3)cc2)cc1. The van der Waals surface area contributed by atoms with Crippen molar-refractivity contribution < 1.29 is 4.42 Å². The molecule has 0 radical (unpaired) electrons. The van der Waals surface area contributed by atoms with Crippen molar-refractivity contribution in [2.75, 3.05) is 4.90 Å². The van der Waals surface area contributed by atoms with Gasteiger partial charge in [-0.05, 0) is 73.8 Å². The van der Waals surface area contributed by atoms with Gasteiger partial charge in [0.15, 0.2) is 0 Å². The van der Waals surface area contributed by atoms with Gasteiger partial charge >= 0.3 is 0 Å². The lowest BCUT2D eigenvalue weighted by atomic mass is 9.96. The van der Waals surface area contributed by atoms with E-state index in [4.69, 9.17) is 9.40 Å². The smallest absolute Gasteiger partial charge is 0.141 e. The Hall–Kier alpha value is -5.93. The Balaban J connectivity index is 1.27. The Morgan fingerprint density at radius 1 is 0.432 bits per heavy atom. The van der Waals surface area contributed by atoms with Crippen LogP contribution in [0.5, 0.6) is 0 Å². The van der Waals surface area contributed by atoms with Crippen LogP contribution >= 0.6 is 0 Å². The molecular weight excluding hydrogens is 536 g/mol. The standard InChI is InChI=1S/C41H26N2O/c1-2-8-27(9-3-1)28-18-21-32(22-19-28)43(40-25-39-37(26-42-40)35-12-6-7-13-38(35)44-39)33-23-20-30-15-17-31-16-14-29-10-4-5-11-34(29)41(31)36(30)24-33/h1-26H. The molecule has 0 saturated carbocycles. The van der Waals surface area contributed by atoms with Crippen molar-refractivity contribution in [3.63, 3.8) is 0 Å². The normalized spacial score (nSPS) is 11.6.